The fourth-order valence-corrected chi connectivity index (χ4v) is 8.34. The molecule has 0 aromatic rings. The first kappa shape index (κ1) is 58.4. The van der Waals surface area contributed by atoms with Crippen molar-refractivity contribution in [1.29, 1.82) is 0 Å². The van der Waals surface area contributed by atoms with Crippen LogP contribution < -0.4 is 5.32 Å². The number of aliphatic hydroxyl groups is 10. The molecule has 0 aromatic carbocycles. The van der Waals surface area contributed by atoms with E-state index in [0.717, 1.165) is 0 Å². The first-order chi connectivity index (χ1) is 32.0. The number of rotatable bonds is 4. The van der Waals surface area contributed by atoms with E-state index >= 15 is 0 Å². The molecule has 68 heavy (non-hydrogen) atoms. The Morgan fingerprint density at radius 3 is 1.81 bits per heavy atom. The van der Waals surface area contributed by atoms with Gasteiger partial charge in [0.15, 0.2) is 12.1 Å². The van der Waals surface area contributed by atoms with Crippen LogP contribution in [-0.2, 0) is 33.3 Å². The summed E-state index contributed by atoms with van der Waals surface area (Å²) in [4.78, 5) is 37.1. The number of hydrogen-bond donors (Lipinski definition) is 12. The van der Waals surface area contributed by atoms with Gasteiger partial charge in [-0.15, -0.1) is 0 Å². The number of hydrogen-bond acceptors (Lipinski definition) is 17. The molecule has 0 radical (unpaired) electrons. The molecule has 0 aliphatic carbocycles. The maximum atomic E-state index is 12.6. The van der Waals surface area contributed by atoms with Gasteiger partial charge in [-0.05, 0) is 33.1 Å². The SMILES string of the molecule is CC(=O)N[C@H]1[C@H](O)[C@H](O[C@H]2/C=C/C=C/C=C/C=C/C=C/C=C\C=C\[C@H](C)[C@@H](O)[C@@H](C)[C@H](C)OC(=O)C[C@H](O)C[C@H](O)CC[C@@H](O)[C@H](O)C[C@H](O)C[C@]3(O)C[C@H](O)[C@@H](C(=O)O)[C@H](C2)O3)O[C@@H](C)[C@H]1O. The van der Waals surface area contributed by atoms with Gasteiger partial charge in [-0.2, -0.15) is 0 Å². The van der Waals surface area contributed by atoms with Crippen LogP contribution in [0, 0.1) is 17.8 Å². The van der Waals surface area contributed by atoms with E-state index in [9.17, 15) is 70.6 Å². The highest BCUT2D eigenvalue weighted by Crippen LogP contribution is 2.38. The van der Waals surface area contributed by atoms with Crippen LogP contribution in [0.4, 0.5) is 0 Å². The highest BCUT2D eigenvalue weighted by molar-refractivity contribution is 5.73. The van der Waals surface area contributed by atoms with E-state index in [-0.39, 0.29) is 31.6 Å². The summed E-state index contributed by atoms with van der Waals surface area (Å²) in [6.45, 7) is 7.90. The molecule has 384 valence electrons. The molecular formula is C49H75NO18. The lowest BCUT2D eigenvalue weighted by molar-refractivity contribution is -0.309. The molecule has 19 nitrogen and oxygen atoms in total. The maximum absolute atomic E-state index is 12.6. The van der Waals surface area contributed by atoms with Crippen LogP contribution in [0.3, 0.4) is 0 Å². The van der Waals surface area contributed by atoms with Gasteiger partial charge in [0.25, 0.3) is 0 Å². The van der Waals surface area contributed by atoms with Crippen molar-refractivity contribution in [2.24, 2.45) is 17.8 Å². The van der Waals surface area contributed by atoms with Crippen molar-refractivity contribution in [3.8, 4) is 0 Å². The summed E-state index contributed by atoms with van der Waals surface area (Å²) in [5.41, 5.74) is 0. The smallest absolute Gasteiger partial charge is 0.311 e. The van der Waals surface area contributed by atoms with E-state index < -0.39 is 153 Å². The van der Waals surface area contributed by atoms with Crippen LogP contribution in [0.2, 0.25) is 0 Å². The Morgan fingerprint density at radius 2 is 1.24 bits per heavy atom. The quantitative estimate of drug-likeness (QED) is 0.174. The number of nitrogens with one attached hydrogen (secondary N) is 1. The average Bonchev–Trinajstić information content (AvgIpc) is 3.24. The maximum Gasteiger partial charge on any atom is 0.311 e. The Labute approximate surface area is 398 Å². The van der Waals surface area contributed by atoms with Crippen molar-refractivity contribution in [3.05, 3.63) is 85.1 Å². The Bertz CT molecular complexity index is 1780. The van der Waals surface area contributed by atoms with Gasteiger partial charge in [0.2, 0.25) is 5.91 Å². The number of allylic oxidation sites excluding steroid dienone is 12. The first-order valence-electron chi connectivity index (χ1n) is 23.2. The van der Waals surface area contributed by atoms with Gasteiger partial charge in [-0.25, -0.2) is 0 Å². The summed E-state index contributed by atoms with van der Waals surface area (Å²) in [5.74, 6) is -7.49. The highest BCUT2D eigenvalue weighted by Gasteiger charge is 2.51. The molecule has 3 heterocycles. The molecule has 19 atom stereocenters. The van der Waals surface area contributed by atoms with E-state index in [1.165, 1.54) is 19.9 Å². The lowest BCUT2D eigenvalue weighted by Crippen LogP contribution is -2.64. The van der Waals surface area contributed by atoms with Gasteiger partial charge in [-0.3, -0.25) is 14.4 Å². The van der Waals surface area contributed by atoms with Crippen molar-refractivity contribution in [3.63, 3.8) is 0 Å². The molecule has 19 heteroatoms. The standard InChI is InChI=1S/C49H75NO18/c1-28-18-16-14-12-10-8-6-7-9-11-13-15-17-19-36(67-48-46(61)43(50-32(5)51)45(60)31(4)66-48)25-40-42(47(62)63)39(57)27-49(64,68-40)26-35(54)23-38(56)37(55)21-20-33(52)22-34(53)24-41(58)65-30(3)29(2)44(28)59/h6-19,28-31,33-40,42-46,48,52-57,59-61,64H,20-27H2,1-5H3,(H,50,51)(H,62,63)/b7-6+,10-8+,11-9+,14-12-,15-13+,18-16+,19-17+/t28-,29-,30-,31-,33+,34+,35-,36-,37+,38+,39-,40-,42+,43+,44+,45+,46-,48-,49+/m0/s1. The van der Waals surface area contributed by atoms with E-state index in [2.05, 4.69) is 5.32 Å². The van der Waals surface area contributed by atoms with Crippen molar-refractivity contribution in [1.82, 2.24) is 5.32 Å². The normalized spacial score (nSPS) is 43.9. The predicted octanol–water partition coefficient (Wildman–Crippen LogP) is 0.889. The molecule has 2 saturated heterocycles. The van der Waals surface area contributed by atoms with E-state index in [4.69, 9.17) is 18.9 Å². The van der Waals surface area contributed by atoms with Crippen molar-refractivity contribution in [2.45, 2.75) is 183 Å². The summed E-state index contributed by atoms with van der Waals surface area (Å²) in [6, 6.07) is -1.21. The molecule has 12 N–H and O–H groups in total. The lowest BCUT2D eigenvalue weighted by Gasteiger charge is -2.45. The van der Waals surface area contributed by atoms with Crippen molar-refractivity contribution < 1.29 is 89.5 Å². The number of carbonyl (C=O) groups excluding carboxylic acids is 2. The third-order valence-electron chi connectivity index (χ3n) is 12.3. The zero-order chi connectivity index (χ0) is 50.7. The van der Waals surface area contributed by atoms with Gasteiger partial charge >= 0.3 is 11.9 Å². The van der Waals surface area contributed by atoms with Crippen LogP contribution in [0.15, 0.2) is 85.1 Å². The molecule has 2 fully saturated rings. The number of fused-ring (bicyclic) bond motifs is 2. The van der Waals surface area contributed by atoms with Crippen LogP contribution in [0.25, 0.3) is 0 Å². The molecule has 1 amide bonds. The molecular weight excluding hydrogens is 891 g/mol. The highest BCUT2D eigenvalue weighted by atomic mass is 16.7. The molecule has 3 aliphatic rings. The van der Waals surface area contributed by atoms with Crippen LogP contribution in [-0.4, -0.2) is 171 Å². The van der Waals surface area contributed by atoms with E-state index in [1.54, 1.807) is 86.8 Å². The number of carboxylic acid groups (broad SMARTS) is 1. The molecule has 0 saturated carbocycles. The van der Waals surface area contributed by atoms with Gasteiger partial charge < -0.3 is 80.4 Å². The Balaban J connectivity index is 1.90. The second-order valence-corrected chi connectivity index (χ2v) is 18.2. The summed E-state index contributed by atoms with van der Waals surface area (Å²) in [7, 11) is 0. The number of esters is 1. The number of ether oxygens (including phenoxy) is 4. The third-order valence-corrected chi connectivity index (χ3v) is 12.3. The third kappa shape index (κ3) is 19.5. The summed E-state index contributed by atoms with van der Waals surface area (Å²) < 4.78 is 23.3. The van der Waals surface area contributed by atoms with E-state index in [0.29, 0.717) is 0 Å². The second kappa shape index (κ2) is 28.7. The zero-order valence-corrected chi connectivity index (χ0v) is 39.4. The van der Waals surface area contributed by atoms with Crippen LogP contribution in [0.1, 0.15) is 86.0 Å². The number of carbonyl (C=O) groups is 3. The fraction of sp³-hybridized carbons (Fsp3) is 0.653. The van der Waals surface area contributed by atoms with Crippen molar-refractivity contribution in [2.75, 3.05) is 0 Å². The predicted molar refractivity (Wildman–Crippen MR) is 247 cm³/mol. The fourth-order valence-electron chi connectivity index (χ4n) is 8.34. The molecule has 3 aliphatic heterocycles. The Hall–Kier alpha value is -3.93. The van der Waals surface area contributed by atoms with Crippen molar-refractivity contribution >= 4 is 17.8 Å². The van der Waals surface area contributed by atoms with E-state index in [1.807, 2.05) is 13.0 Å². The van der Waals surface area contributed by atoms with Gasteiger partial charge in [-0.1, -0.05) is 98.9 Å². The topological polar surface area (TPSA) is 323 Å². The molecule has 0 spiro atoms. The number of amides is 1. The molecule has 0 unspecified atom stereocenters. The summed E-state index contributed by atoms with van der Waals surface area (Å²) in [5, 5.41) is 122. The number of aliphatic hydroxyl groups excluding tert-OH is 9. The van der Waals surface area contributed by atoms with Crippen LogP contribution >= 0.6 is 0 Å². The molecule has 3 rings (SSSR count). The Kier molecular flexibility index (Phi) is 24.6. The largest absolute Gasteiger partial charge is 0.481 e. The van der Waals surface area contributed by atoms with Gasteiger partial charge in [0.05, 0.1) is 73.5 Å². The monoisotopic (exact) mass is 965 g/mol. The second-order valence-electron chi connectivity index (χ2n) is 18.2. The number of carboxylic acids is 1. The van der Waals surface area contributed by atoms with Gasteiger partial charge in [0, 0.05) is 44.4 Å². The Morgan fingerprint density at radius 1 is 0.662 bits per heavy atom. The molecule has 2 bridgehead atoms. The minimum Gasteiger partial charge on any atom is -0.481 e. The molecule has 0 aromatic heterocycles. The minimum absolute atomic E-state index is 0.119. The minimum atomic E-state index is -2.36. The zero-order valence-electron chi connectivity index (χ0n) is 39.4. The number of cyclic esters (lactones) is 1. The average molecular weight is 966 g/mol. The summed E-state index contributed by atoms with van der Waals surface area (Å²) in [6.07, 6.45) is 2.48. The first-order valence-corrected chi connectivity index (χ1v) is 23.2. The lowest BCUT2D eigenvalue weighted by atomic mass is 9.82. The van der Waals surface area contributed by atoms with Gasteiger partial charge in [0.1, 0.15) is 24.2 Å². The summed E-state index contributed by atoms with van der Waals surface area (Å²) >= 11 is 0. The number of aliphatic carboxylic acids is 1. The van der Waals surface area contributed by atoms with Crippen LogP contribution in [0.5, 0.6) is 0 Å².